The van der Waals surface area contributed by atoms with E-state index in [-0.39, 0.29) is 17.5 Å². The van der Waals surface area contributed by atoms with Gasteiger partial charge in [0.25, 0.3) is 11.8 Å². The topological polar surface area (TPSA) is 76.8 Å². The zero-order valence-electron chi connectivity index (χ0n) is 16.1. The van der Waals surface area contributed by atoms with Gasteiger partial charge in [0.05, 0.1) is 24.6 Å². The van der Waals surface area contributed by atoms with Gasteiger partial charge in [-0.05, 0) is 29.7 Å². The molecule has 0 saturated carbocycles. The minimum Gasteiger partial charge on any atom is -0.370 e. The van der Waals surface area contributed by atoms with Crippen molar-refractivity contribution >= 4 is 29.2 Å². The number of ether oxygens (including phenoxy) is 1. The molecular formula is C20H27N4O3S+. The second-order valence-corrected chi connectivity index (χ2v) is 7.70. The third kappa shape index (κ3) is 5.79. The normalized spacial score (nSPS) is 15.4. The van der Waals surface area contributed by atoms with E-state index in [1.54, 1.807) is 12.1 Å². The lowest BCUT2D eigenvalue weighted by Crippen LogP contribution is -3.14. The minimum absolute atomic E-state index is 0.249. The van der Waals surface area contributed by atoms with Crippen molar-refractivity contribution in [2.24, 2.45) is 7.05 Å². The van der Waals surface area contributed by atoms with Crippen molar-refractivity contribution in [1.29, 1.82) is 0 Å². The summed E-state index contributed by atoms with van der Waals surface area (Å²) in [5.74, 6) is -0.550. The van der Waals surface area contributed by atoms with Gasteiger partial charge in [0, 0.05) is 31.9 Å². The van der Waals surface area contributed by atoms with E-state index in [4.69, 9.17) is 4.74 Å². The first-order valence-corrected chi connectivity index (χ1v) is 10.4. The van der Waals surface area contributed by atoms with E-state index in [1.165, 1.54) is 16.2 Å². The van der Waals surface area contributed by atoms with Crippen LogP contribution in [0.3, 0.4) is 0 Å². The molecule has 0 aromatic carbocycles. The Morgan fingerprint density at radius 1 is 1.29 bits per heavy atom. The molecule has 0 unspecified atom stereocenters. The van der Waals surface area contributed by atoms with Crippen LogP contribution in [-0.4, -0.2) is 55.8 Å². The summed E-state index contributed by atoms with van der Waals surface area (Å²) in [6, 6.07) is 7.34. The highest BCUT2D eigenvalue weighted by atomic mass is 32.1. The molecule has 2 aromatic rings. The van der Waals surface area contributed by atoms with E-state index < -0.39 is 0 Å². The van der Waals surface area contributed by atoms with Gasteiger partial charge in [-0.1, -0.05) is 6.07 Å². The van der Waals surface area contributed by atoms with Gasteiger partial charge in [-0.3, -0.25) is 9.59 Å². The standard InChI is InChI=1S/C20H26N4O3S/c1-23-8-2-5-16(23)15-17(22-20(26)18-6-3-14-28-18)19(25)21-7-4-9-24-10-12-27-13-11-24/h2-3,5-6,8,14-15H,4,7,9-13H2,1H3,(H,21,25)(H,22,26)/p+1/b17-15+. The molecule has 8 heteroatoms. The number of carbonyl (C=O) groups is 2. The number of hydrogen-bond acceptors (Lipinski definition) is 4. The Morgan fingerprint density at radius 2 is 2.11 bits per heavy atom. The number of rotatable bonds is 8. The summed E-state index contributed by atoms with van der Waals surface area (Å²) >= 11 is 1.34. The van der Waals surface area contributed by atoms with E-state index >= 15 is 0 Å². The van der Waals surface area contributed by atoms with Gasteiger partial charge in [-0.25, -0.2) is 0 Å². The molecule has 7 nitrogen and oxygen atoms in total. The fourth-order valence-corrected chi connectivity index (χ4v) is 3.69. The summed E-state index contributed by atoms with van der Waals surface area (Å²) in [6.45, 7) is 5.22. The molecule has 0 aliphatic carbocycles. The summed E-state index contributed by atoms with van der Waals surface area (Å²) in [7, 11) is 1.90. The molecule has 0 radical (unpaired) electrons. The number of aryl methyl sites for hydroxylation is 1. The highest BCUT2D eigenvalue weighted by molar-refractivity contribution is 7.12. The molecule has 3 heterocycles. The highest BCUT2D eigenvalue weighted by Gasteiger charge is 2.17. The molecule has 2 aromatic heterocycles. The van der Waals surface area contributed by atoms with Crippen LogP contribution in [0.1, 0.15) is 21.8 Å². The predicted octanol–water partition coefficient (Wildman–Crippen LogP) is 0.279. The molecule has 1 aliphatic heterocycles. The molecule has 0 bridgehead atoms. The van der Waals surface area contributed by atoms with Crippen molar-refractivity contribution in [2.45, 2.75) is 6.42 Å². The molecular weight excluding hydrogens is 376 g/mol. The van der Waals surface area contributed by atoms with E-state index in [9.17, 15) is 9.59 Å². The molecule has 1 aliphatic rings. The van der Waals surface area contributed by atoms with Crippen LogP contribution in [-0.2, 0) is 16.6 Å². The lowest BCUT2D eigenvalue weighted by Gasteiger charge is -2.23. The zero-order chi connectivity index (χ0) is 19.8. The summed E-state index contributed by atoms with van der Waals surface area (Å²) < 4.78 is 7.26. The molecule has 3 N–H and O–H groups in total. The maximum atomic E-state index is 12.7. The first-order chi connectivity index (χ1) is 13.6. The van der Waals surface area contributed by atoms with E-state index in [2.05, 4.69) is 10.6 Å². The van der Waals surface area contributed by atoms with Crippen LogP contribution in [0.25, 0.3) is 6.08 Å². The number of carbonyl (C=O) groups excluding carboxylic acids is 2. The molecule has 1 fully saturated rings. The Kier molecular flexibility index (Phi) is 7.41. The van der Waals surface area contributed by atoms with Crippen LogP contribution in [0.5, 0.6) is 0 Å². The molecule has 28 heavy (non-hydrogen) atoms. The number of nitrogens with one attached hydrogen (secondary N) is 3. The number of nitrogens with zero attached hydrogens (tertiary/aromatic N) is 1. The van der Waals surface area contributed by atoms with Gasteiger partial charge in [-0.2, -0.15) is 0 Å². The number of thiophene rings is 1. The van der Waals surface area contributed by atoms with Gasteiger partial charge in [0.2, 0.25) is 0 Å². The summed E-state index contributed by atoms with van der Waals surface area (Å²) in [5, 5.41) is 7.53. The smallest absolute Gasteiger partial charge is 0.267 e. The molecule has 1 saturated heterocycles. The Bertz CT molecular complexity index is 807. The molecule has 0 atom stereocenters. The van der Waals surface area contributed by atoms with Crippen LogP contribution in [0.2, 0.25) is 0 Å². The maximum absolute atomic E-state index is 12.7. The molecule has 0 spiro atoms. The van der Waals surface area contributed by atoms with Gasteiger partial charge in [0.15, 0.2) is 0 Å². The van der Waals surface area contributed by atoms with Crippen molar-refractivity contribution in [1.82, 2.24) is 15.2 Å². The number of hydrogen-bond donors (Lipinski definition) is 3. The lowest BCUT2D eigenvalue weighted by molar-refractivity contribution is -0.908. The second-order valence-electron chi connectivity index (χ2n) is 6.76. The SMILES string of the molecule is Cn1cccc1/C=C(/NC(=O)c1cccs1)C(=O)NCCC[NH+]1CCOCC1. The fraction of sp³-hybridized carbons (Fsp3) is 0.400. The van der Waals surface area contributed by atoms with Crippen LogP contribution in [0.4, 0.5) is 0 Å². The molecule has 3 rings (SSSR count). The van der Waals surface area contributed by atoms with Crippen molar-refractivity contribution in [3.05, 3.63) is 52.1 Å². The largest absolute Gasteiger partial charge is 0.370 e. The third-order valence-electron chi connectivity index (χ3n) is 4.71. The van der Waals surface area contributed by atoms with Gasteiger partial charge < -0.3 is 24.8 Å². The van der Waals surface area contributed by atoms with Gasteiger partial charge in [-0.15, -0.1) is 11.3 Å². The Hall–Kier alpha value is -2.42. The summed E-state index contributed by atoms with van der Waals surface area (Å²) in [4.78, 5) is 27.2. The van der Waals surface area contributed by atoms with E-state index in [0.29, 0.717) is 11.4 Å². The number of aromatic nitrogens is 1. The maximum Gasteiger partial charge on any atom is 0.267 e. The zero-order valence-corrected chi connectivity index (χ0v) is 16.9. The number of morpholine rings is 1. The summed E-state index contributed by atoms with van der Waals surface area (Å²) in [6.07, 6.45) is 4.49. The third-order valence-corrected chi connectivity index (χ3v) is 5.58. The average Bonchev–Trinajstić information content (AvgIpc) is 3.38. The quantitative estimate of drug-likeness (QED) is 0.438. The van der Waals surface area contributed by atoms with Gasteiger partial charge in [0.1, 0.15) is 18.8 Å². The Morgan fingerprint density at radius 3 is 2.79 bits per heavy atom. The van der Waals surface area contributed by atoms with Crippen LogP contribution in [0, 0.1) is 0 Å². The number of quaternary nitrogens is 1. The van der Waals surface area contributed by atoms with Crippen LogP contribution in [0.15, 0.2) is 41.5 Å². The highest BCUT2D eigenvalue weighted by Crippen LogP contribution is 2.11. The lowest BCUT2D eigenvalue weighted by atomic mass is 10.2. The fourth-order valence-electron chi connectivity index (χ4n) is 3.07. The first kappa shape index (κ1) is 20.3. The first-order valence-electron chi connectivity index (χ1n) is 9.51. The van der Waals surface area contributed by atoms with Gasteiger partial charge >= 0.3 is 0 Å². The molecule has 2 amide bonds. The van der Waals surface area contributed by atoms with Crippen LogP contribution < -0.4 is 15.5 Å². The second kappa shape index (κ2) is 10.2. The Labute approximate surface area is 169 Å². The molecule has 150 valence electrons. The monoisotopic (exact) mass is 403 g/mol. The average molecular weight is 404 g/mol. The summed E-state index contributed by atoms with van der Waals surface area (Å²) in [5.41, 5.74) is 1.09. The van der Waals surface area contributed by atoms with E-state index in [1.807, 2.05) is 41.4 Å². The number of amides is 2. The van der Waals surface area contributed by atoms with E-state index in [0.717, 1.165) is 45.0 Å². The van der Waals surface area contributed by atoms with Crippen LogP contribution >= 0.6 is 11.3 Å². The Balaban J connectivity index is 1.59. The minimum atomic E-state index is -0.275. The van der Waals surface area contributed by atoms with Crippen molar-refractivity contribution in [2.75, 3.05) is 39.4 Å². The predicted molar refractivity (Wildman–Crippen MR) is 109 cm³/mol. The van der Waals surface area contributed by atoms with Crippen molar-refractivity contribution in [3.63, 3.8) is 0 Å². The van der Waals surface area contributed by atoms with Crippen molar-refractivity contribution < 1.29 is 19.2 Å². The van der Waals surface area contributed by atoms with Crippen molar-refractivity contribution in [3.8, 4) is 0 Å².